The zero-order chi connectivity index (χ0) is 25.7. The number of ether oxygens (including phenoxy) is 3. The number of nitrogens with two attached hydrogens (primary N) is 2. The van der Waals surface area contributed by atoms with E-state index in [1.807, 2.05) is 0 Å². The molecule has 1 saturated heterocycles. The van der Waals surface area contributed by atoms with Gasteiger partial charge in [-0.1, -0.05) is 6.07 Å². The number of furan rings is 1. The molecule has 0 spiro atoms. The van der Waals surface area contributed by atoms with Crippen LogP contribution in [0.2, 0.25) is 0 Å². The van der Waals surface area contributed by atoms with Crippen molar-refractivity contribution in [2.75, 3.05) is 7.11 Å². The van der Waals surface area contributed by atoms with E-state index in [1.54, 1.807) is 18.2 Å². The van der Waals surface area contributed by atoms with Crippen molar-refractivity contribution >= 4 is 23.7 Å². The van der Waals surface area contributed by atoms with Crippen molar-refractivity contribution in [1.29, 1.82) is 0 Å². The molecule has 0 radical (unpaired) electrons. The summed E-state index contributed by atoms with van der Waals surface area (Å²) in [5.41, 5.74) is 11.3. The second-order valence-electron chi connectivity index (χ2n) is 9.44. The highest BCUT2D eigenvalue weighted by atomic mass is 16.6. The minimum Gasteiger partial charge on any atom is -0.472 e. The van der Waals surface area contributed by atoms with Crippen molar-refractivity contribution < 1.29 is 37.8 Å². The molecule has 6 atom stereocenters. The highest BCUT2D eigenvalue weighted by Gasteiger charge is 2.67. The zero-order valence-electron chi connectivity index (χ0n) is 19.4. The number of aromatic nitrogens is 1. The average molecular weight is 495 g/mol. The second kappa shape index (κ2) is 8.68. The van der Waals surface area contributed by atoms with E-state index in [2.05, 4.69) is 4.98 Å². The van der Waals surface area contributed by atoms with Gasteiger partial charge < -0.3 is 30.1 Å². The molecule has 2 aromatic rings. The van der Waals surface area contributed by atoms with Gasteiger partial charge in [-0.3, -0.25) is 14.4 Å². The molecule has 2 aromatic heterocycles. The molecule has 11 heteroatoms. The summed E-state index contributed by atoms with van der Waals surface area (Å²) in [4.78, 5) is 56.5. The van der Waals surface area contributed by atoms with E-state index in [0.29, 0.717) is 5.56 Å². The summed E-state index contributed by atoms with van der Waals surface area (Å²) in [6.45, 7) is 0. The van der Waals surface area contributed by atoms with E-state index in [1.165, 1.54) is 38.0 Å². The fourth-order valence-corrected chi connectivity index (χ4v) is 5.82. The van der Waals surface area contributed by atoms with Gasteiger partial charge in [-0.15, -0.1) is 0 Å². The quantitative estimate of drug-likeness (QED) is 0.460. The molecule has 3 heterocycles. The molecular weight excluding hydrogens is 470 g/mol. The molecular formula is C25H25N3O8. The van der Waals surface area contributed by atoms with Gasteiger partial charge in [-0.05, 0) is 37.1 Å². The lowest BCUT2D eigenvalue weighted by Crippen LogP contribution is -2.76. The first-order valence-corrected chi connectivity index (χ1v) is 11.5. The first-order valence-electron chi connectivity index (χ1n) is 11.5. The number of rotatable bonds is 4. The zero-order valence-corrected chi connectivity index (χ0v) is 19.4. The number of ketones is 1. The Balaban J connectivity index is 1.57. The Hall–Kier alpha value is -3.83. The molecule has 1 aliphatic heterocycles. The van der Waals surface area contributed by atoms with Crippen LogP contribution in [0.3, 0.4) is 0 Å². The number of hydrogen-bond donors (Lipinski definition) is 2. The maximum absolute atomic E-state index is 13.9. The Morgan fingerprint density at radius 1 is 1.17 bits per heavy atom. The number of allylic oxidation sites excluding steroid dienone is 1. The third-order valence-corrected chi connectivity index (χ3v) is 7.52. The Morgan fingerprint density at radius 2 is 1.97 bits per heavy atom. The van der Waals surface area contributed by atoms with Crippen LogP contribution >= 0.6 is 0 Å². The molecule has 188 valence electrons. The molecule has 0 unspecified atom stereocenters. The number of pyridine rings is 1. The van der Waals surface area contributed by atoms with Gasteiger partial charge in [0.2, 0.25) is 5.78 Å². The fraction of sp³-hybridized carbons (Fsp3) is 0.400. The van der Waals surface area contributed by atoms with Gasteiger partial charge >= 0.3 is 17.9 Å². The molecule has 4 N–H and O–H groups in total. The van der Waals surface area contributed by atoms with Crippen molar-refractivity contribution in [3.63, 3.8) is 0 Å². The Morgan fingerprint density at radius 3 is 2.64 bits per heavy atom. The van der Waals surface area contributed by atoms with Gasteiger partial charge in [-0.25, -0.2) is 9.78 Å². The van der Waals surface area contributed by atoms with Crippen molar-refractivity contribution in [3.05, 3.63) is 66.1 Å². The summed E-state index contributed by atoms with van der Waals surface area (Å²) in [7, 11) is 1.20. The van der Waals surface area contributed by atoms with Crippen LogP contribution in [-0.2, 0) is 28.6 Å². The Labute approximate surface area is 205 Å². The van der Waals surface area contributed by atoms with Crippen molar-refractivity contribution in [1.82, 2.24) is 4.98 Å². The lowest BCUT2D eigenvalue weighted by Gasteiger charge is -2.58. The number of carbonyl (C=O) groups is 4. The standard InChI is InChI=1S/C25H25N3O8/c1-33-21(30)15-10-17(35-23(32)16-4-2-3-8-28-16)19(29)20-24(15,26)7-5-14-22(31)36-18(11-25(14,20)27)13-6-9-34-12-13/h2-4,6,8-10,12,14-15,18,20H,5,7,11,26-27H2,1H3/t14-,15-,18-,20-,24+,25+/m0/s1. The first-order chi connectivity index (χ1) is 17.2. The molecule has 2 aliphatic carbocycles. The molecule has 1 saturated carbocycles. The van der Waals surface area contributed by atoms with E-state index in [4.69, 9.17) is 30.1 Å². The number of cyclic esters (lactones) is 1. The summed E-state index contributed by atoms with van der Waals surface area (Å²) in [6.07, 6.45) is 5.07. The number of carbonyl (C=O) groups excluding carboxylic acids is 4. The van der Waals surface area contributed by atoms with E-state index >= 15 is 0 Å². The third kappa shape index (κ3) is 3.62. The molecule has 0 amide bonds. The Kier molecular flexibility index (Phi) is 5.76. The van der Waals surface area contributed by atoms with Crippen LogP contribution in [0.1, 0.15) is 41.4 Å². The van der Waals surface area contributed by atoms with Gasteiger partial charge in [0.1, 0.15) is 11.8 Å². The van der Waals surface area contributed by atoms with Gasteiger partial charge in [0, 0.05) is 29.3 Å². The molecule has 11 nitrogen and oxygen atoms in total. The number of Topliss-reactive ketones (excluding diaryl/α,β-unsaturated/α-hetero) is 1. The van der Waals surface area contributed by atoms with Gasteiger partial charge in [0.15, 0.2) is 5.76 Å². The lowest BCUT2D eigenvalue weighted by molar-refractivity contribution is -0.179. The average Bonchev–Trinajstić information content (AvgIpc) is 3.40. The van der Waals surface area contributed by atoms with Crippen LogP contribution in [0.4, 0.5) is 0 Å². The Bertz CT molecular complexity index is 1240. The molecule has 0 bridgehead atoms. The predicted octanol–water partition coefficient (Wildman–Crippen LogP) is 1.20. The van der Waals surface area contributed by atoms with Crippen LogP contribution in [-0.4, -0.2) is 46.9 Å². The third-order valence-electron chi connectivity index (χ3n) is 7.52. The maximum atomic E-state index is 13.9. The van der Waals surface area contributed by atoms with E-state index in [-0.39, 0.29) is 25.0 Å². The van der Waals surface area contributed by atoms with Crippen molar-refractivity contribution in [2.24, 2.45) is 29.2 Å². The molecule has 36 heavy (non-hydrogen) atoms. The van der Waals surface area contributed by atoms with Gasteiger partial charge in [0.05, 0.1) is 37.4 Å². The fourth-order valence-electron chi connectivity index (χ4n) is 5.82. The van der Waals surface area contributed by atoms with Crippen LogP contribution in [0, 0.1) is 17.8 Å². The van der Waals surface area contributed by atoms with Crippen molar-refractivity contribution in [3.8, 4) is 0 Å². The monoisotopic (exact) mass is 495 g/mol. The van der Waals surface area contributed by atoms with E-state index in [9.17, 15) is 19.2 Å². The molecule has 3 aliphatic rings. The summed E-state index contributed by atoms with van der Waals surface area (Å²) in [6, 6.07) is 6.28. The number of esters is 3. The summed E-state index contributed by atoms with van der Waals surface area (Å²) in [5, 5.41) is 0. The minimum absolute atomic E-state index is 0.0318. The van der Waals surface area contributed by atoms with Crippen LogP contribution < -0.4 is 11.5 Å². The van der Waals surface area contributed by atoms with Gasteiger partial charge in [-0.2, -0.15) is 0 Å². The topological polar surface area (TPSA) is 174 Å². The highest BCUT2D eigenvalue weighted by Crippen LogP contribution is 2.55. The van der Waals surface area contributed by atoms with E-state index in [0.717, 1.165) is 0 Å². The summed E-state index contributed by atoms with van der Waals surface area (Å²) >= 11 is 0. The normalized spacial score (nSPS) is 33.5. The van der Waals surface area contributed by atoms with Gasteiger partial charge in [0.25, 0.3) is 0 Å². The molecule has 0 aromatic carbocycles. The second-order valence-corrected chi connectivity index (χ2v) is 9.44. The van der Waals surface area contributed by atoms with E-state index < -0.39 is 64.4 Å². The van der Waals surface area contributed by atoms with Crippen LogP contribution in [0.15, 0.2) is 59.2 Å². The lowest BCUT2D eigenvalue weighted by atomic mass is 9.50. The van der Waals surface area contributed by atoms with Crippen molar-refractivity contribution in [2.45, 2.75) is 36.4 Å². The minimum atomic E-state index is -1.50. The largest absolute Gasteiger partial charge is 0.472 e. The summed E-state index contributed by atoms with van der Waals surface area (Å²) in [5.74, 6) is -6.48. The predicted molar refractivity (Wildman–Crippen MR) is 120 cm³/mol. The van der Waals surface area contributed by atoms with Crippen LogP contribution in [0.5, 0.6) is 0 Å². The number of methoxy groups -OCH3 is 1. The molecule has 5 rings (SSSR count). The number of fused-ring (bicyclic) bond motifs is 3. The van der Waals surface area contributed by atoms with Crippen LogP contribution in [0.25, 0.3) is 0 Å². The highest BCUT2D eigenvalue weighted by molar-refractivity contribution is 6.04. The first kappa shape index (κ1) is 23.9. The number of nitrogens with zero attached hydrogens (tertiary/aromatic N) is 1. The molecule has 2 fully saturated rings. The number of hydrogen-bond acceptors (Lipinski definition) is 11. The smallest absolute Gasteiger partial charge is 0.362 e. The SMILES string of the molecule is COC(=O)[C@@H]1C=C(OC(=O)c2ccccn2)C(=O)[C@H]2[C@@]1(N)CC[C@H]1C(=O)O[C@H](c3ccoc3)C[C@]21N. The summed E-state index contributed by atoms with van der Waals surface area (Å²) < 4.78 is 21.1. The maximum Gasteiger partial charge on any atom is 0.362 e.